The molecule has 1 amide bonds. The van der Waals surface area contributed by atoms with Crippen LogP contribution in [0.4, 0.5) is 0 Å². The van der Waals surface area contributed by atoms with Crippen molar-refractivity contribution >= 4 is 17.2 Å². The molecular formula is C19H26N4O3S. The number of hydrogen-bond acceptors (Lipinski definition) is 7. The van der Waals surface area contributed by atoms with Crippen LogP contribution in [0.25, 0.3) is 0 Å². The highest BCUT2D eigenvalue weighted by atomic mass is 32.1. The predicted octanol–water partition coefficient (Wildman–Crippen LogP) is 3.73. The molecule has 0 bridgehead atoms. The Balaban J connectivity index is 1.49. The summed E-state index contributed by atoms with van der Waals surface area (Å²) in [6.45, 7) is 7.47. The van der Waals surface area contributed by atoms with Gasteiger partial charge in [-0.25, -0.2) is 4.98 Å². The molecule has 8 heteroatoms. The van der Waals surface area contributed by atoms with E-state index in [4.69, 9.17) is 9.26 Å². The first-order valence-corrected chi connectivity index (χ1v) is 10.5. The second-order valence-electron chi connectivity index (χ2n) is 7.84. The fraction of sp³-hybridized carbons (Fsp3) is 0.684. The molecule has 2 aromatic rings. The van der Waals surface area contributed by atoms with E-state index in [-0.39, 0.29) is 17.9 Å². The van der Waals surface area contributed by atoms with Crippen molar-refractivity contribution in [1.82, 2.24) is 20.4 Å². The maximum absolute atomic E-state index is 12.9. The minimum absolute atomic E-state index is 0.127. The van der Waals surface area contributed by atoms with Crippen LogP contribution in [-0.4, -0.2) is 34.2 Å². The highest BCUT2D eigenvalue weighted by Gasteiger charge is 2.32. The lowest BCUT2D eigenvalue weighted by Gasteiger charge is -2.19. The lowest BCUT2D eigenvalue weighted by molar-refractivity contribution is 0.0803. The van der Waals surface area contributed by atoms with Gasteiger partial charge in [0.05, 0.1) is 17.3 Å². The van der Waals surface area contributed by atoms with E-state index in [1.54, 1.807) is 0 Å². The van der Waals surface area contributed by atoms with Crippen LogP contribution in [0.3, 0.4) is 0 Å². The molecule has 2 aromatic heterocycles. The first kappa shape index (κ1) is 18.6. The zero-order valence-electron chi connectivity index (χ0n) is 16.0. The molecule has 0 spiro atoms. The summed E-state index contributed by atoms with van der Waals surface area (Å²) in [5.41, 5.74) is 0.768. The van der Waals surface area contributed by atoms with Crippen LogP contribution < -0.4 is 5.32 Å². The quantitative estimate of drug-likeness (QED) is 0.808. The van der Waals surface area contributed by atoms with Crippen LogP contribution in [0, 0.1) is 12.8 Å². The van der Waals surface area contributed by atoms with Gasteiger partial charge in [-0.05, 0) is 38.5 Å². The number of nitrogens with zero attached hydrogens (tertiary/aromatic N) is 3. The molecular weight excluding hydrogens is 364 g/mol. The number of aryl methyl sites for hydroxylation is 1. The lowest BCUT2D eigenvalue weighted by atomic mass is 10.0. The molecule has 1 aliphatic carbocycles. The van der Waals surface area contributed by atoms with Gasteiger partial charge in [-0.3, -0.25) is 4.79 Å². The van der Waals surface area contributed by atoms with Gasteiger partial charge in [0.2, 0.25) is 5.89 Å². The van der Waals surface area contributed by atoms with E-state index >= 15 is 0 Å². The Labute approximate surface area is 162 Å². The summed E-state index contributed by atoms with van der Waals surface area (Å²) < 4.78 is 11.0. The summed E-state index contributed by atoms with van der Waals surface area (Å²) in [6.07, 6.45) is 4.34. The fourth-order valence-electron chi connectivity index (χ4n) is 3.34. The Kier molecular flexibility index (Phi) is 5.27. The summed E-state index contributed by atoms with van der Waals surface area (Å²) in [4.78, 5) is 22.8. The number of hydrogen-bond donors (Lipinski definition) is 1. The number of carbonyl (C=O) groups excluding carboxylic acids is 1. The molecule has 27 heavy (non-hydrogen) atoms. The molecule has 2 aliphatic rings. The molecule has 1 saturated carbocycles. The van der Waals surface area contributed by atoms with Crippen molar-refractivity contribution in [3.63, 3.8) is 0 Å². The van der Waals surface area contributed by atoms with Crippen molar-refractivity contribution in [3.05, 3.63) is 27.3 Å². The van der Waals surface area contributed by atoms with Gasteiger partial charge >= 0.3 is 0 Å². The Morgan fingerprint density at radius 1 is 1.22 bits per heavy atom. The molecule has 1 saturated heterocycles. The minimum atomic E-state index is -0.305. The van der Waals surface area contributed by atoms with E-state index in [9.17, 15) is 4.79 Å². The van der Waals surface area contributed by atoms with Gasteiger partial charge in [0, 0.05) is 18.4 Å². The van der Waals surface area contributed by atoms with E-state index in [0.29, 0.717) is 29.2 Å². The third-order valence-corrected chi connectivity index (χ3v) is 6.47. The fourth-order valence-corrected chi connectivity index (χ4v) is 4.43. The van der Waals surface area contributed by atoms with Gasteiger partial charge in [-0.15, -0.1) is 11.3 Å². The Morgan fingerprint density at radius 2 is 2.04 bits per heavy atom. The molecule has 2 atom stereocenters. The van der Waals surface area contributed by atoms with Gasteiger partial charge in [-0.2, -0.15) is 4.98 Å². The monoisotopic (exact) mass is 390 g/mol. The molecule has 1 N–H and O–H groups in total. The number of aromatic nitrogens is 3. The van der Waals surface area contributed by atoms with Gasteiger partial charge in [0.15, 0.2) is 5.82 Å². The van der Waals surface area contributed by atoms with Crippen LogP contribution in [0.5, 0.6) is 0 Å². The molecule has 0 aromatic carbocycles. The molecule has 146 valence electrons. The Bertz CT molecular complexity index is 806. The molecule has 7 nitrogen and oxygen atoms in total. The van der Waals surface area contributed by atoms with Crippen molar-refractivity contribution in [2.45, 2.75) is 64.3 Å². The summed E-state index contributed by atoms with van der Waals surface area (Å²) in [6, 6.07) is -0.305. The predicted molar refractivity (Wildman–Crippen MR) is 101 cm³/mol. The molecule has 3 heterocycles. The SMILES string of the molecule is Cc1nc(C2CCCOC2)sc1C(=O)NC(c1nc(C2CC2)no1)C(C)C. The van der Waals surface area contributed by atoms with Crippen LogP contribution in [0.2, 0.25) is 0 Å². The maximum atomic E-state index is 12.9. The molecule has 2 fully saturated rings. The zero-order chi connectivity index (χ0) is 19.0. The lowest BCUT2D eigenvalue weighted by Crippen LogP contribution is -2.32. The van der Waals surface area contributed by atoms with Crippen LogP contribution in [0.15, 0.2) is 4.52 Å². The van der Waals surface area contributed by atoms with Gasteiger partial charge in [0.1, 0.15) is 10.9 Å². The highest BCUT2D eigenvalue weighted by Crippen LogP contribution is 2.39. The number of carbonyl (C=O) groups is 1. The second kappa shape index (κ2) is 7.67. The number of rotatable bonds is 6. The molecule has 4 rings (SSSR count). The third kappa shape index (κ3) is 4.06. The topological polar surface area (TPSA) is 90.1 Å². The van der Waals surface area contributed by atoms with Gasteiger partial charge < -0.3 is 14.6 Å². The van der Waals surface area contributed by atoms with Crippen LogP contribution >= 0.6 is 11.3 Å². The van der Waals surface area contributed by atoms with Crippen LogP contribution in [0.1, 0.15) is 89.5 Å². The minimum Gasteiger partial charge on any atom is -0.381 e. The highest BCUT2D eigenvalue weighted by molar-refractivity contribution is 7.13. The molecule has 0 radical (unpaired) electrons. The first-order chi connectivity index (χ1) is 13.0. The van der Waals surface area contributed by atoms with E-state index in [1.165, 1.54) is 11.3 Å². The normalized spacial score (nSPS) is 21.4. The first-order valence-electron chi connectivity index (χ1n) is 9.72. The van der Waals surface area contributed by atoms with E-state index in [1.807, 2.05) is 20.8 Å². The summed E-state index contributed by atoms with van der Waals surface area (Å²) in [5, 5.41) is 8.16. The average molecular weight is 391 g/mol. The molecule has 1 aliphatic heterocycles. The smallest absolute Gasteiger partial charge is 0.263 e. The number of ether oxygens (including phenoxy) is 1. The largest absolute Gasteiger partial charge is 0.381 e. The van der Waals surface area contributed by atoms with E-state index < -0.39 is 0 Å². The standard InChI is InChI=1S/C19H26N4O3S/c1-10(2)14(18-22-16(23-26-18)12-6-7-12)21-17(24)15-11(3)20-19(27-15)13-5-4-8-25-9-13/h10,12-14H,4-9H2,1-3H3,(H,21,24). The van der Waals surface area contributed by atoms with Crippen LogP contribution in [-0.2, 0) is 4.74 Å². The van der Waals surface area contributed by atoms with E-state index in [0.717, 1.165) is 48.8 Å². The summed E-state index contributed by atoms with van der Waals surface area (Å²) >= 11 is 1.47. The maximum Gasteiger partial charge on any atom is 0.263 e. The zero-order valence-corrected chi connectivity index (χ0v) is 16.8. The number of thiazole rings is 1. The van der Waals surface area contributed by atoms with Crippen molar-refractivity contribution in [2.75, 3.05) is 13.2 Å². The second-order valence-corrected chi connectivity index (χ2v) is 8.87. The van der Waals surface area contributed by atoms with Crippen molar-refractivity contribution in [2.24, 2.45) is 5.92 Å². The van der Waals surface area contributed by atoms with Gasteiger partial charge in [-0.1, -0.05) is 19.0 Å². The van der Waals surface area contributed by atoms with Crippen molar-refractivity contribution < 1.29 is 14.1 Å². The third-order valence-electron chi connectivity index (χ3n) is 5.15. The van der Waals surface area contributed by atoms with E-state index in [2.05, 4.69) is 20.4 Å². The summed E-state index contributed by atoms with van der Waals surface area (Å²) in [7, 11) is 0. The summed E-state index contributed by atoms with van der Waals surface area (Å²) in [5.74, 6) is 1.98. The van der Waals surface area contributed by atoms with Crippen molar-refractivity contribution in [1.29, 1.82) is 0 Å². The average Bonchev–Trinajstić information content (AvgIpc) is 3.27. The molecule has 2 unspecified atom stereocenters. The number of amides is 1. The number of nitrogens with one attached hydrogen (secondary N) is 1. The Hall–Kier alpha value is -1.80. The Morgan fingerprint density at radius 3 is 2.70 bits per heavy atom. The van der Waals surface area contributed by atoms with Gasteiger partial charge in [0.25, 0.3) is 5.91 Å². The van der Waals surface area contributed by atoms with Crippen molar-refractivity contribution in [3.8, 4) is 0 Å².